The van der Waals surface area contributed by atoms with Gasteiger partial charge in [0.15, 0.2) is 0 Å². The summed E-state index contributed by atoms with van der Waals surface area (Å²) >= 11 is 0. The maximum atomic E-state index is 10.8. The minimum Gasteiger partial charge on any atom is -0.478 e. The molecular formula is C14H13NO2. The number of carbonyl (C=O) groups is 1. The Kier molecular flexibility index (Phi) is 3.21. The molecule has 0 aromatic heterocycles. The minimum absolute atomic E-state index is 0.291. The SMILES string of the molecule is NCc1ccccc1-c1ccc(C(=O)O)cc1. The number of rotatable bonds is 3. The van der Waals surface area contributed by atoms with Crippen LogP contribution in [-0.4, -0.2) is 11.1 Å². The van der Waals surface area contributed by atoms with Crippen LogP contribution in [0.2, 0.25) is 0 Å². The van der Waals surface area contributed by atoms with Crippen molar-refractivity contribution in [2.45, 2.75) is 6.54 Å². The first-order valence-electron chi connectivity index (χ1n) is 5.34. The number of aromatic carboxylic acids is 1. The quantitative estimate of drug-likeness (QED) is 0.846. The molecule has 0 bridgehead atoms. The topological polar surface area (TPSA) is 63.3 Å². The summed E-state index contributed by atoms with van der Waals surface area (Å²) in [5.74, 6) is -0.913. The molecular weight excluding hydrogens is 214 g/mol. The zero-order valence-electron chi connectivity index (χ0n) is 9.26. The maximum absolute atomic E-state index is 10.8. The third-order valence-electron chi connectivity index (χ3n) is 2.68. The fourth-order valence-electron chi connectivity index (χ4n) is 1.77. The summed E-state index contributed by atoms with van der Waals surface area (Å²) < 4.78 is 0. The number of hydrogen-bond donors (Lipinski definition) is 2. The van der Waals surface area contributed by atoms with E-state index in [0.29, 0.717) is 12.1 Å². The fraction of sp³-hybridized carbons (Fsp3) is 0.0714. The predicted molar refractivity (Wildman–Crippen MR) is 66.7 cm³/mol. The second-order valence-corrected chi connectivity index (χ2v) is 3.74. The molecule has 0 saturated carbocycles. The van der Waals surface area contributed by atoms with Gasteiger partial charge >= 0.3 is 5.97 Å². The van der Waals surface area contributed by atoms with Gasteiger partial charge in [-0.05, 0) is 28.8 Å². The van der Waals surface area contributed by atoms with Crippen molar-refractivity contribution in [3.8, 4) is 11.1 Å². The molecule has 3 N–H and O–H groups in total. The average molecular weight is 227 g/mol. The van der Waals surface area contributed by atoms with Crippen LogP contribution in [0.3, 0.4) is 0 Å². The van der Waals surface area contributed by atoms with E-state index in [1.165, 1.54) is 0 Å². The molecule has 3 nitrogen and oxygen atoms in total. The standard InChI is InChI=1S/C14H13NO2/c15-9-12-3-1-2-4-13(12)10-5-7-11(8-6-10)14(16)17/h1-8H,9,15H2,(H,16,17). The monoisotopic (exact) mass is 227 g/mol. The summed E-state index contributed by atoms with van der Waals surface area (Å²) in [5, 5.41) is 8.83. The van der Waals surface area contributed by atoms with E-state index in [4.69, 9.17) is 10.8 Å². The molecule has 17 heavy (non-hydrogen) atoms. The molecule has 0 saturated heterocycles. The molecule has 0 radical (unpaired) electrons. The van der Waals surface area contributed by atoms with Gasteiger partial charge in [0.05, 0.1) is 5.56 Å². The van der Waals surface area contributed by atoms with Gasteiger partial charge in [0, 0.05) is 6.54 Å². The van der Waals surface area contributed by atoms with Gasteiger partial charge in [-0.25, -0.2) is 4.79 Å². The van der Waals surface area contributed by atoms with Crippen LogP contribution in [0, 0.1) is 0 Å². The molecule has 0 heterocycles. The van der Waals surface area contributed by atoms with Gasteiger partial charge in [-0.3, -0.25) is 0 Å². The Morgan fingerprint density at radius 1 is 1.06 bits per heavy atom. The van der Waals surface area contributed by atoms with Crippen molar-refractivity contribution in [1.82, 2.24) is 0 Å². The highest BCUT2D eigenvalue weighted by atomic mass is 16.4. The van der Waals surface area contributed by atoms with Crippen LogP contribution in [0.1, 0.15) is 15.9 Å². The lowest BCUT2D eigenvalue weighted by Crippen LogP contribution is -1.99. The molecule has 0 fully saturated rings. The van der Waals surface area contributed by atoms with Crippen molar-refractivity contribution in [3.05, 3.63) is 59.7 Å². The lowest BCUT2D eigenvalue weighted by molar-refractivity contribution is 0.0697. The Labute approximate surface area is 99.5 Å². The molecule has 3 heteroatoms. The number of hydrogen-bond acceptors (Lipinski definition) is 2. The molecule has 2 rings (SSSR count). The first-order valence-corrected chi connectivity index (χ1v) is 5.34. The fourth-order valence-corrected chi connectivity index (χ4v) is 1.77. The van der Waals surface area contributed by atoms with Crippen LogP contribution in [0.15, 0.2) is 48.5 Å². The molecule has 2 aromatic rings. The van der Waals surface area contributed by atoms with Crippen LogP contribution in [0.4, 0.5) is 0 Å². The lowest BCUT2D eigenvalue weighted by atomic mass is 9.99. The van der Waals surface area contributed by atoms with Gasteiger partial charge in [0.25, 0.3) is 0 Å². The van der Waals surface area contributed by atoms with E-state index in [2.05, 4.69) is 0 Å². The van der Waals surface area contributed by atoms with Crippen molar-refractivity contribution < 1.29 is 9.90 Å². The van der Waals surface area contributed by atoms with E-state index < -0.39 is 5.97 Å². The number of carboxylic acid groups (broad SMARTS) is 1. The highest BCUT2D eigenvalue weighted by Gasteiger charge is 2.05. The third-order valence-corrected chi connectivity index (χ3v) is 2.68. The summed E-state index contributed by atoms with van der Waals surface area (Å²) in [5.41, 5.74) is 9.04. The van der Waals surface area contributed by atoms with Gasteiger partial charge in [-0.2, -0.15) is 0 Å². The van der Waals surface area contributed by atoms with E-state index in [1.807, 2.05) is 24.3 Å². The van der Waals surface area contributed by atoms with Gasteiger partial charge in [0.1, 0.15) is 0 Å². The highest BCUT2D eigenvalue weighted by molar-refractivity contribution is 5.88. The van der Waals surface area contributed by atoms with Gasteiger partial charge in [-0.1, -0.05) is 36.4 Å². The zero-order chi connectivity index (χ0) is 12.3. The Morgan fingerprint density at radius 3 is 2.29 bits per heavy atom. The van der Waals surface area contributed by atoms with Gasteiger partial charge in [-0.15, -0.1) is 0 Å². The van der Waals surface area contributed by atoms with E-state index in [1.54, 1.807) is 24.3 Å². The molecule has 0 atom stereocenters. The van der Waals surface area contributed by atoms with Crippen molar-refractivity contribution in [2.75, 3.05) is 0 Å². The molecule has 0 amide bonds. The smallest absolute Gasteiger partial charge is 0.335 e. The van der Waals surface area contributed by atoms with Crippen LogP contribution < -0.4 is 5.73 Å². The molecule has 0 aliphatic rings. The van der Waals surface area contributed by atoms with Gasteiger partial charge in [0.2, 0.25) is 0 Å². The molecule has 0 aliphatic heterocycles. The number of benzene rings is 2. The van der Waals surface area contributed by atoms with Crippen molar-refractivity contribution >= 4 is 5.97 Å². The largest absolute Gasteiger partial charge is 0.478 e. The Morgan fingerprint density at radius 2 is 1.71 bits per heavy atom. The van der Waals surface area contributed by atoms with Crippen LogP contribution in [0.25, 0.3) is 11.1 Å². The first kappa shape index (κ1) is 11.4. The van der Waals surface area contributed by atoms with E-state index >= 15 is 0 Å². The van der Waals surface area contributed by atoms with Gasteiger partial charge < -0.3 is 10.8 Å². The minimum atomic E-state index is -0.913. The first-order chi connectivity index (χ1) is 8.22. The molecule has 0 aliphatic carbocycles. The second-order valence-electron chi connectivity index (χ2n) is 3.74. The average Bonchev–Trinajstić information content (AvgIpc) is 2.39. The zero-order valence-corrected chi connectivity index (χ0v) is 9.26. The maximum Gasteiger partial charge on any atom is 0.335 e. The summed E-state index contributed by atoms with van der Waals surface area (Å²) in [6.45, 7) is 0.469. The van der Waals surface area contributed by atoms with Crippen LogP contribution >= 0.6 is 0 Å². The Hall–Kier alpha value is -2.13. The van der Waals surface area contributed by atoms with Crippen molar-refractivity contribution in [1.29, 1.82) is 0 Å². The lowest BCUT2D eigenvalue weighted by Gasteiger charge is -2.07. The van der Waals surface area contributed by atoms with E-state index in [0.717, 1.165) is 16.7 Å². The molecule has 0 spiro atoms. The summed E-state index contributed by atoms with van der Waals surface area (Å²) in [6, 6.07) is 14.7. The third kappa shape index (κ3) is 2.34. The summed E-state index contributed by atoms with van der Waals surface area (Å²) in [4.78, 5) is 10.8. The number of nitrogens with two attached hydrogens (primary N) is 1. The Balaban J connectivity index is 2.43. The summed E-state index contributed by atoms with van der Waals surface area (Å²) in [7, 11) is 0. The van der Waals surface area contributed by atoms with Crippen molar-refractivity contribution in [2.24, 2.45) is 5.73 Å². The van der Waals surface area contributed by atoms with E-state index in [-0.39, 0.29) is 0 Å². The Bertz CT molecular complexity index is 532. The molecule has 86 valence electrons. The highest BCUT2D eigenvalue weighted by Crippen LogP contribution is 2.23. The molecule has 0 unspecified atom stereocenters. The number of carboxylic acids is 1. The second kappa shape index (κ2) is 4.80. The summed E-state index contributed by atoms with van der Waals surface area (Å²) in [6.07, 6.45) is 0. The normalized spacial score (nSPS) is 10.2. The van der Waals surface area contributed by atoms with Crippen LogP contribution in [-0.2, 0) is 6.54 Å². The predicted octanol–water partition coefficient (Wildman–Crippen LogP) is 2.51. The van der Waals surface area contributed by atoms with E-state index in [9.17, 15) is 4.79 Å². The van der Waals surface area contributed by atoms with Crippen LogP contribution in [0.5, 0.6) is 0 Å². The van der Waals surface area contributed by atoms with Crippen molar-refractivity contribution in [3.63, 3.8) is 0 Å². The molecule has 2 aromatic carbocycles.